The summed E-state index contributed by atoms with van der Waals surface area (Å²) in [7, 11) is 2.96. The van der Waals surface area contributed by atoms with E-state index in [0.717, 1.165) is 11.3 Å². The van der Waals surface area contributed by atoms with Crippen molar-refractivity contribution in [1.29, 1.82) is 0 Å². The lowest BCUT2D eigenvalue weighted by Gasteiger charge is -2.00. The Hall–Kier alpha value is -2.74. The summed E-state index contributed by atoms with van der Waals surface area (Å²) in [4.78, 5) is 16.0. The van der Waals surface area contributed by atoms with E-state index >= 15 is 0 Å². The van der Waals surface area contributed by atoms with Crippen LogP contribution in [0.2, 0.25) is 0 Å². The summed E-state index contributed by atoms with van der Waals surface area (Å²) in [6, 6.07) is 9.10. The van der Waals surface area contributed by atoms with Crippen LogP contribution in [-0.4, -0.2) is 35.4 Å². The fourth-order valence-electron chi connectivity index (χ4n) is 2.06. The van der Waals surface area contributed by atoms with Gasteiger partial charge in [-0.2, -0.15) is 0 Å². The Morgan fingerprint density at radius 3 is 2.75 bits per heavy atom. The van der Waals surface area contributed by atoms with Gasteiger partial charge >= 0.3 is 5.97 Å². The van der Waals surface area contributed by atoms with Crippen LogP contribution < -0.4 is 4.74 Å². The first-order valence-corrected chi connectivity index (χ1v) is 8.04. The number of rotatable bonds is 6. The minimum Gasteiger partial charge on any atom is -0.497 e. The third-order valence-corrected chi connectivity index (χ3v) is 4.16. The summed E-state index contributed by atoms with van der Waals surface area (Å²) in [6.07, 6.45) is 1.46. The van der Waals surface area contributed by atoms with E-state index in [-0.39, 0.29) is 0 Å². The molecule has 2 aromatic heterocycles. The Balaban J connectivity index is 1.68. The van der Waals surface area contributed by atoms with Gasteiger partial charge in [0.1, 0.15) is 17.1 Å². The lowest BCUT2D eigenvalue weighted by atomic mass is 10.2. The van der Waals surface area contributed by atoms with Gasteiger partial charge in [-0.05, 0) is 30.3 Å². The SMILES string of the molecule is COC(=O)c1ccoc1CSc1n[nH]c(-c2ccc(OC)cc2)n1. The van der Waals surface area contributed by atoms with Gasteiger partial charge in [0.15, 0.2) is 5.82 Å². The lowest BCUT2D eigenvalue weighted by Crippen LogP contribution is -2.02. The lowest BCUT2D eigenvalue weighted by molar-refractivity contribution is 0.0598. The summed E-state index contributed by atoms with van der Waals surface area (Å²) in [6.45, 7) is 0. The van der Waals surface area contributed by atoms with Gasteiger partial charge < -0.3 is 13.9 Å². The average Bonchev–Trinajstić information content (AvgIpc) is 3.28. The highest BCUT2D eigenvalue weighted by atomic mass is 32.2. The second-order valence-electron chi connectivity index (χ2n) is 4.73. The average molecular weight is 345 g/mol. The number of H-pyrrole nitrogens is 1. The van der Waals surface area contributed by atoms with Gasteiger partial charge in [-0.1, -0.05) is 11.8 Å². The number of carbonyl (C=O) groups excluding carboxylic acids is 1. The Morgan fingerprint density at radius 1 is 1.25 bits per heavy atom. The highest BCUT2D eigenvalue weighted by molar-refractivity contribution is 7.98. The van der Waals surface area contributed by atoms with Gasteiger partial charge in [0, 0.05) is 5.56 Å². The number of aromatic amines is 1. The van der Waals surface area contributed by atoms with Crippen molar-refractivity contribution in [2.45, 2.75) is 10.9 Å². The molecule has 0 aliphatic heterocycles. The monoisotopic (exact) mass is 345 g/mol. The Labute approximate surface area is 142 Å². The van der Waals surface area contributed by atoms with E-state index in [2.05, 4.69) is 15.2 Å². The molecule has 8 heteroatoms. The van der Waals surface area contributed by atoms with Crippen molar-refractivity contribution in [3.8, 4) is 17.1 Å². The molecule has 2 heterocycles. The number of benzene rings is 1. The van der Waals surface area contributed by atoms with Gasteiger partial charge in [-0.3, -0.25) is 5.10 Å². The first kappa shape index (κ1) is 16.1. The number of hydrogen-bond donors (Lipinski definition) is 1. The van der Waals surface area contributed by atoms with E-state index in [4.69, 9.17) is 13.9 Å². The summed E-state index contributed by atoms with van der Waals surface area (Å²) < 4.78 is 15.2. The highest BCUT2D eigenvalue weighted by Gasteiger charge is 2.16. The summed E-state index contributed by atoms with van der Waals surface area (Å²) >= 11 is 1.36. The fraction of sp³-hybridized carbons (Fsp3) is 0.188. The predicted octanol–water partition coefficient (Wildman–Crippen LogP) is 3.15. The summed E-state index contributed by atoms with van der Waals surface area (Å²) in [5.74, 6) is 1.97. The minimum absolute atomic E-state index is 0.413. The number of furan rings is 1. The predicted molar refractivity (Wildman–Crippen MR) is 88.0 cm³/mol. The third kappa shape index (κ3) is 3.43. The molecular weight excluding hydrogens is 330 g/mol. The molecule has 1 N–H and O–H groups in total. The number of aromatic nitrogens is 3. The summed E-state index contributed by atoms with van der Waals surface area (Å²) in [5.41, 5.74) is 1.32. The van der Waals surface area contributed by atoms with E-state index in [1.54, 1.807) is 13.2 Å². The van der Waals surface area contributed by atoms with Crippen molar-refractivity contribution in [2.75, 3.05) is 14.2 Å². The molecule has 0 aliphatic rings. The second-order valence-corrected chi connectivity index (χ2v) is 5.68. The Morgan fingerprint density at radius 2 is 2.04 bits per heavy atom. The Bertz CT molecular complexity index is 826. The van der Waals surface area contributed by atoms with Crippen molar-refractivity contribution in [3.63, 3.8) is 0 Å². The molecule has 1 aromatic carbocycles. The quantitative estimate of drug-likeness (QED) is 0.542. The topological polar surface area (TPSA) is 90.2 Å². The number of esters is 1. The molecular formula is C16H15N3O4S. The van der Waals surface area contributed by atoms with Crippen molar-refractivity contribution < 1.29 is 18.7 Å². The summed E-state index contributed by atoms with van der Waals surface area (Å²) in [5, 5.41) is 7.62. The third-order valence-electron chi connectivity index (χ3n) is 3.31. The van der Waals surface area contributed by atoms with Crippen LogP contribution in [0.3, 0.4) is 0 Å². The molecule has 24 heavy (non-hydrogen) atoms. The molecule has 0 aliphatic carbocycles. The molecule has 3 rings (SSSR count). The number of ether oxygens (including phenoxy) is 2. The van der Waals surface area contributed by atoms with Crippen LogP contribution >= 0.6 is 11.8 Å². The maximum absolute atomic E-state index is 11.6. The molecule has 0 unspecified atom stereocenters. The minimum atomic E-state index is -0.423. The van der Waals surface area contributed by atoms with Crippen LogP contribution in [-0.2, 0) is 10.5 Å². The van der Waals surface area contributed by atoms with Crippen molar-refractivity contribution in [1.82, 2.24) is 15.2 Å². The van der Waals surface area contributed by atoms with Gasteiger partial charge in [0.2, 0.25) is 5.16 Å². The van der Waals surface area contributed by atoms with Crippen LogP contribution in [0.4, 0.5) is 0 Å². The normalized spacial score (nSPS) is 10.6. The molecule has 0 spiro atoms. The second kappa shape index (κ2) is 7.22. The molecule has 124 valence electrons. The molecule has 0 amide bonds. The number of carbonyl (C=O) groups is 1. The molecule has 0 fully saturated rings. The molecule has 7 nitrogen and oxygen atoms in total. The van der Waals surface area contributed by atoms with E-state index in [1.807, 2.05) is 24.3 Å². The van der Waals surface area contributed by atoms with Gasteiger partial charge in [-0.15, -0.1) is 5.10 Å². The van der Waals surface area contributed by atoms with E-state index in [1.165, 1.54) is 25.1 Å². The van der Waals surface area contributed by atoms with Crippen molar-refractivity contribution in [2.24, 2.45) is 0 Å². The molecule has 0 saturated heterocycles. The largest absolute Gasteiger partial charge is 0.497 e. The van der Waals surface area contributed by atoms with Gasteiger partial charge in [0.05, 0.1) is 26.2 Å². The molecule has 0 radical (unpaired) electrons. The van der Waals surface area contributed by atoms with E-state index < -0.39 is 5.97 Å². The molecule has 0 atom stereocenters. The van der Waals surface area contributed by atoms with Crippen LogP contribution in [0.15, 0.2) is 46.2 Å². The zero-order valence-corrected chi connectivity index (χ0v) is 13.9. The number of thioether (sulfide) groups is 1. The number of nitrogens with one attached hydrogen (secondary N) is 1. The zero-order chi connectivity index (χ0) is 16.9. The van der Waals surface area contributed by atoms with E-state index in [9.17, 15) is 4.79 Å². The smallest absolute Gasteiger partial charge is 0.341 e. The van der Waals surface area contributed by atoms with Crippen LogP contribution in [0.25, 0.3) is 11.4 Å². The fourth-order valence-corrected chi connectivity index (χ4v) is 2.81. The maximum atomic E-state index is 11.6. The van der Waals surface area contributed by atoms with Crippen LogP contribution in [0, 0.1) is 0 Å². The van der Waals surface area contributed by atoms with Crippen LogP contribution in [0.1, 0.15) is 16.1 Å². The van der Waals surface area contributed by atoms with Crippen LogP contribution in [0.5, 0.6) is 5.75 Å². The van der Waals surface area contributed by atoms with Gasteiger partial charge in [-0.25, -0.2) is 9.78 Å². The first-order valence-electron chi connectivity index (χ1n) is 7.05. The first-order chi connectivity index (χ1) is 11.7. The van der Waals surface area contributed by atoms with E-state index in [0.29, 0.717) is 28.1 Å². The molecule has 3 aromatic rings. The number of methoxy groups -OCH3 is 2. The molecule has 0 bridgehead atoms. The number of nitrogens with zero attached hydrogens (tertiary/aromatic N) is 2. The highest BCUT2D eigenvalue weighted by Crippen LogP contribution is 2.25. The number of hydrogen-bond acceptors (Lipinski definition) is 7. The Kier molecular flexibility index (Phi) is 4.85. The van der Waals surface area contributed by atoms with Gasteiger partial charge in [0.25, 0.3) is 0 Å². The zero-order valence-electron chi connectivity index (χ0n) is 13.1. The molecule has 0 saturated carbocycles. The standard InChI is InChI=1S/C16H15N3O4S/c1-21-11-5-3-10(4-6-11)14-17-16(19-18-14)24-9-13-12(7-8-23-13)15(20)22-2/h3-8H,9H2,1-2H3,(H,17,18,19). The van der Waals surface area contributed by atoms with Crippen molar-refractivity contribution in [3.05, 3.63) is 47.9 Å². The van der Waals surface area contributed by atoms with Crippen molar-refractivity contribution >= 4 is 17.7 Å². The maximum Gasteiger partial charge on any atom is 0.341 e.